The molecular weight excluding hydrogens is 382 g/mol. The van der Waals surface area contributed by atoms with Gasteiger partial charge >= 0.3 is 0 Å². The maximum atomic E-state index is 8.97. The third-order valence-electron chi connectivity index (χ3n) is 7.07. The van der Waals surface area contributed by atoms with Crippen LogP contribution in [-0.4, -0.2) is 43.7 Å². The highest BCUT2D eigenvalue weighted by Gasteiger charge is 2.44. The number of benzene rings is 2. The maximum Gasteiger partial charge on any atom is 0.123 e. The summed E-state index contributed by atoms with van der Waals surface area (Å²) in [6.07, 6.45) is 5.03. The zero-order valence-corrected chi connectivity index (χ0v) is 17.5. The second-order valence-corrected chi connectivity index (χ2v) is 8.48. The molecule has 152 valence electrons. The molecule has 3 aliphatic rings. The molecule has 0 aromatic heterocycles. The minimum absolute atomic E-state index is 0. The second-order valence-electron chi connectivity index (χ2n) is 8.48. The Bertz CT molecular complexity index is 876. The lowest BCUT2D eigenvalue weighted by Crippen LogP contribution is -2.52. The van der Waals surface area contributed by atoms with Gasteiger partial charge in [0.2, 0.25) is 0 Å². The minimum atomic E-state index is 0. The predicted molar refractivity (Wildman–Crippen MR) is 118 cm³/mol. The van der Waals surface area contributed by atoms with E-state index in [-0.39, 0.29) is 17.8 Å². The van der Waals surface area contributed by atoms with Gasteiger partial charge in [-0.2, -0.15) is 5.26 Å². The van der Waals surface area contributed by atoms with E-state index in [1.165, 1.54) is 36.9 Å². The molecular formula is C24H28ClN3O. The fourth-order valence-electron chi connectivity index (χ4n) is 5.35. The number of nitrogens with zero attached hydrogens (tertiary/aromatic N) is 3. The molecule has 29 heavy (non-hydrogen) atoms. The summed E-state index contributed by atoms with van der Waals surface area (Å²) in [6.45, 7) is 5.26. The molecule has 5 heteroatoms. The Balaban J connectivity index is 0.00000205. The van der Waals surface area contributed by atoms with Crippen LogP contribution in [0.1, 0.15) is 36.8 Å². The van der Waals surface area contributed by atoms with Gasteiger partial charge in [0.15, 0.2) is 0 Å². The maximum absolute atomic E-state index is 8.97. The number of para-hydroxylation sites is 1. The van der Waals surface area contributed by atoms with E-state index in [9.17, 15) is 0 Å². The first-order valence-electron chi connectivity index (χ1n) is 10.5. The van der Waals surface area contributed by atoms with E-state index in [2.05, 4.69) is 52.3 Å². The van der Waals surface area contributed by atoms with Gasteiger partial charge in [0.25, 0.3) is 0 Å². The quantitative estimate of drug-likeness (QED) is 0.738. The molecule has 2 aromatic carbocycles. The lowest BCUT2D eigenvalue weighted by Gasteiger charge is -2.44. The lowest BCUT2D eigenvalue weighted by molar-refractivity contribution is 0.106. The van der Waals surface area contributed by atoms with Crippen molar-refractivity contribution in [3.05, 3.63) is 59.7 Å². The fraction of sp³-hybridized carbons (Fsp3) is 0.458. The second kappa shape index (κ2) is 8.26. The van der Waals surface area contributed by atoms with Gasteiger partial charge in [0.05, 0.1) is 18.2 Å². The van der Waals surface area contributed by atoms with Crippen molar-refractivity contribution in [2.75, 3.05) is 37.7 Å². The summed E-state index contributed by atoms with van der Waals surface area (Å²) >= 11 is 0. The van der Waals surface area contributed by atoms with Crippen LogP contribution in [0.2, 0.25) is 0 Å². The highest BCUT2D eigenvalue weighted by atomic mass is 35.5. The lowest BCUT2D eigenvalue weighted by atomic mass is 9.69. The van der Waals surface area contributed by atoms with Crippen LogP contribution < -0.4 is 9.64 Å². The van der Waals surface area contributed by atoms with Crippen LogP contribution in [-0.2, 0) is 5.41 Å². The van der Waals surface area contributed by atoms with E-state index in [4.69, 9.17) is 10.00 Å². The van der Waals surface area contributed by atoms with E-state index < -0.39 is 0 Å². The molecule has 2 fully saturated rings. The molecule has 4 nitrogen and oxygen atoms in total. The average Bonchev–Trinajstić information content (AvgIpc) is 3.13. The molecule has 1 saturated heterocycles. The zero-order valence-electron chi connectivity index (χ0n) is 16.7. The van der Waals surface area contributed by atoms with Crippen molar-refractivity contribution in [2.24, 2.45) is 0 Å². The molecule has 0 radical (unpaired) electrons. The Hall–Kier alpha value is -2.22. The Morgan fingerprint density at radius 1 is 0.931 bits per heavy atom. The standard InChI is InChI=1S/C24H27N3O.ClH/c25-17-19-5-7-20(8-6-19)26-13-15-27(16-14-26)21-9-11-24(12-10-21)18-28-23-4-2-1-3-22(23)24;/h1-8,21H,9-16,18H2;1H. The van der Waals surface area contributed by atoms with Crippen LogP contribution >= 0.6 is 12.4 Å². The number of rotatable bonds is 2. The number of hydrogen-bond acceptors (Lipinski definition) is 4. The topological polar surface area (TPSA) is 39.5 Å². The summed E-state index contributed by atoms with van der Waals surface area (Å²) < 4.78 is 6.01. The molecule has 2 aliphatic heterocycles. The van der Waals surface area contributed by atoms with Crippen LogP contribution in [0, 0.1) is 11.3 Å². The van der Waals surface area contributed by atoms with E-state index >= 15 is 0 Å². The van der Waals surface area contributed by atoms with Gasteiger partial charge < -0.3 is 9.64 Å². The van der Waals surface area contributed by atoms with Crippen LogP contribution in [0.3, 0.4) is 0 Å². The summed E-state index contributed by atoms with van der Waals surface area (Å²) in [7, 11) is 0. The molecule has 2 heterocycles. The molecule has 1 spiro atoms. The van der Waals surface area contributed by atoms with Crippen molar-refractivity contribution in [1.29, 1.82) is 5.26 Å². The highest BCUT2D eigenvalue weighted by Crippen LogP contribution is 2.48. The number of fused-ring (bicyclic) bond motifs is 2. The Labute approximate surface area is 179 Å². The van der Waals surface area contributed by atoms with Crippen LogP contribution in [0.5, 0.6) is 5.75 Å². The molecule has 0 atom stereocenters. The average molecular weight is 410 g/mol. The predicted octanol–water partition coefficient (Wildman–Crippen LogP) is 4.38. The van der Waals surface area contributed by atoms with Gasteiger partial charge in [-0.15, -0.1) is 12.4 Å². The molecule has 1 aliphatic carbocycles. The van der Waals surface area contributed by atoms with Gasteiger partial charge in [-0.25, -0.2) is 0 Å². The van der Waals surface area contributed by atoms with Crippen molar-refractivity contribution in [3.8, 4) is 11.8 Å². The Kier molecular flexibility index (Phi) is 5.72. The summed E-state index contributed by atoms with van der Waals surface area (Å²) in [5, 5.41) is 8.97. The Morgan fingerprint density at radius 3 is 2.31 bits per heavy atom. The number of piperazine rings is 1. The van der Waals surface area contributed by atoms with Gasteiger partial charge in [0.1, 0.15) is 5.75 Å². The number of ether oxygens (including phenoxy) is 1. The van der Waals surface area contributed by atoms with Gasteiger partial charge in [0, 0.05) is 48.9 Å². The van der Waals surface area contributed by atoms with Gasteiger partial charge in [-0.1, -0.05) is 18.2 Å². The van der Waals surface area contributed by atoms with Crippen molar-refractivity contribution >= 4 is 18.1 Å². The molecule has 2 aromatic rings. The van der Waals surface area contributed by atoms with Crippen molar-refractivity contribution in [3.63, 3.8) is 0 Å². The molecule has 0 N–H and O–H groups in total. The highest BCUT2D eigenvalue weighted by molar-refractivity contribution is 5.85. The van der Waals surface area contributed by atoms with Crippen molar-refractivity contribution in [1.82, 2.24) is 4.90 Å². The summed E-state index contributed by atoms with van der Waals surface area (Å²) in [5.41, 5.74) is 3.67. The smallest absolute Gasteiger partial charge is 0.123 e. The van der Waals surface area contributed by atoms with Crippen LogP contribution in [0.25, 0.3) is 0 Å². The van der Waals surface area contributed by atoms with E-state index in [0.717, 1.165) is 44.1 Å². The minimum Gasteiger partial charge on any atom is -0.492 e. The first-order chi connectivity index (χ1) is 13.8. The third-order valence-corrected chi connectivity index (χ3v) is 7.07. The van der Waals surface area contributed by atoms with E-state index in [1.54, 1.807) is 0 Å². The summed E-state index contributed by atoms with van der Waals surface area (Å²) in [5.74, 6) is 1.11. The summed E-state index contributed by atoms with van der Waals surface area (Å²) in [6, 6.07) is 19.5. The van der Waals surface area contributed by atoms with Gasteiger partial charge in [-0.3, -0.25) is 4.90 Å². The molecule has 1 saturated carbocycles. The fourth-order valence-corrected chi connectivity index (χ4v) is 5.35. The first kappa shape index (κ1) is 20.1. The number of hydrogen-bond donors (Lipinski definition) is 0. The van der Waals surface area contributed by atoms with Crippen molar-refractivity contribution < 1.29 is 4.74 Å². The molecule has 0 amide bonds. The normalized spacial score (nSPS) is 26.3. The third kappa shape index (κ3) is 3.70. The zero-order chi connectivity index (χ0) is 19.0. The number of anilines is 1. The van der Waals surface area contributed by atoms with Crippen LogP contribution in [0.15, 0.2) is 48.5 Å². The monoisotopic (exact) mass is 409 g/mol. The van der Waals surface area contributed by atoms with Crippen LogP contribution in [0.4, 0.5) is 5.69 Å². The summed E-state index contributed by atoms with van der Waals surface area (Å²) in [4.78, 5) is 5.15. The molecule has 5 rings (SSSR count). The van der Waals surface area contributed by atoms with Crippen molar-refractivity contribution in [2.45, 2.75) is 37.1 Å². The molecule has 0 bridgehead atoms. The Morgan fingerprint density at radius 2 is 1.62 bits per heavy atom. The number of nitriles is 1. The number of halogens is 1. The van der Waals surface area contributed by atoms with Gasteiger partial charge in [-0.05, 0) is 56.0 Å². The SMILES string of the molecule is Cl.N#Cc1ccc(N2CCN(C3CCC4(CC3)COc3ccccc34)CC2)cc1. The van der Waals surface area contributed by atoms with E-state index in [0.29, 0.717) is 6.04 Å². The largest absolute Gasteiger partial charge is 0.492 e. The molecule has 0 unspecified atom stereocenters. The first-order valence-corrected chi connectivity index (χ1v) is 10.5. The van der Waals surface area contributed by atoms with E-state index in [1.807, 2.05) is 12.1 Å².